The third-order valence-electron chi connectivity index (χ3n) is 13.1. The van der Waals surface area contributed by atoms with E-state index in [0.29, 0.717) is 53.3 Å². The Morgan fingerprint density at radius 2 is 1.28 bits per heavy atom. The second kappa shape index (κ2) is 14.6. The minimum atomic E-state index is -1.75. The van der Waals surface area contributed by atoms with Gasteiger partial charge in [0.05, 0.1) is 6.10 Å². The first-order valence-corrected chi connectivity index (χ1v) is 33.6. The predicted molar refractivity (Wildman–Crippen MR) is 212 cm³/mol. The quantitative estimate of drug-likeness (QED) is 0.167. The van der Waals surface area contributed by atoms with Gasteiger partial charge in [-0.05, 0) is 182 Å². The lowest BCUT2D eigenvalue weighted by Gasteiger charge is -2.66. The SMILES string of the molecule is CC(CCCC(C)C1CCC2C3C(C[C@H](O[Si](C)(C)C)C12C)C1(C)CC[C@@H](O[Si](C)(C)C)C[C@H]1C[C@H]3O[Si](C)(C)C)CO[Si](C)(C)C. The Morgan fingerprint density at radius 1 is 0.660 bits per heavy atom. The van der Waals surface area contributed by atoms with Crippen molar-refractivity contribution >= 4 is 33.3 Å². The van der Waals surface area contributed by atoms with E-state index in [9.17, 15) is 0 Å². The molecule has 12 atom stereocenters. The molecule has 0 bridgehead atoms. The van der Waals surface area contributed by atoms with Crippen LogP contribution in [0, 0.1) is 52.3 Å². The summed E-state index contributed by atoms with van der Waals surface area (Å²) in [5, 5.41) is 0. The van der Waals surface area contributed by atoms with Crippen LogP contribution in [0.2, 0.25) is 78.6 Å². The lowest BCUT2D eigenvalue weighted by atomic mass is 9.43. The Labute approximate surface area is 297 Å². The molecule has 4 rings (SSSR count). The molecule has 8 unspecified atom stereocenters. The van der Waals surface area contributed by atoms with Gasteiger partial charge >= 0.3 is 0 Å². The summed E-state index contributed by atoms with van der Waals surface area (Å²) < 4.78 is 27.9. The van der Waals surface area contributed by atoms with Crippen LogP contribution in [0.15, 0.2) is 0 Å². The lowest BCUT2D eigenvalue weighted by molar-refractivity contribution is -0.199. The van der Waals surface area contributed by atoms with Crippen molar-refractivity contribution < 1.29 is 17.7 Å². The van der Waals surface area contributed by atoms with E-state index < -0.39 is 33.3 Å². The highest BCUT2D eigenvalue weighted by Gasteiger charge is 2.67. The summed E-state index contributed by atoms with van der Waals surface area (Å²) in [6, 6.07) is 0. The van der Waals surface area contributed by atoms with Crippen LogP contribution in [0.3, 0.4) is 0 Å². The Kier molecular flexibility index (Phi) is 12.6. The van der Waals surface area contributed by atoms with Gasteiger partial charge in [-0.2, -0.15) is 0 Å². The van der Waals surface area contributed by atoms with Crippen LogP contribution < -0.4 is 0 Å². The summed E-state index contributed by atoms with van der Waals surface area (Å²) >= 11 is 0. The molecule has 0 aromatic carbocycles. The summed E-state index contributed by atoms with van der Waals surface area (Å²) in [6.07, 6.45) is 14.2. The van der Waals surface area contributed by atoms with E-state index in [0.717, 1.165) is 18.4 Å². The van der Waals surface area contributed by atoms with Gasteiger partial charge < -0.3 is 17.7 Å². The highest BCUT2D eigenvalue weighted by Crippen LogP contribution is 2.69. The second-order valence-corrected chi connectivity index (χ2v) is 39.5. The largest absolute Gasteiger partial charge is 0.417 e. The highest BCUT2D eigenvalue weighted by molar-refractivity contribution is 6.70. The predicted octanol–water partition coefficient (Wildman–Crippen LogP) is 11.8. The van der Waals surface area contributed by atoms with Gasteiger partial charge in [-0.3, -0.25) is 0 Å². The molecule has 47 heavy (non-hydrogen) atoms. The lowest BCUT2D eigenvalue weighted by Crippen LogP contribution is -2.64. The van der Waals surface area contributed by atoms with Crippen LogP contribution in [0.4, 0.5) is 0 Å². The summed E-state index contributed by atoms with van der Waals surface area (Å²) in [4.78, 5) is 0. The first-order valence-electron chi connectivity index (χ1n) is 20.0. The zero-order valence-electron chi connectivity index (χ0n) is 34.2. The molecule has 0 aliphatic heterocycles. The maximum Gasteiger partial charge on any atom is 0.184 e. The Morgan fingerprint density at radius 3 is 1.85 bits per heavy atom. The number of fused-ring (bicyclic) bond motifs is 5. The van der Waals surface area contributed by atoms with Crippen molar-refractivity contribution in [2.75, 3.05) is 6.61 Å². The Hall–Kier alpha value is 0.708. The molecule has 0 amide bonds. The number of rotatable bonds is 14. The molecule has 0 heterocycles. The van der Waals surface area contributed by atoms with Crippen LogP contribution in [0.25, 0.3) is 0 Å². The highest BCUT2D eigenvalue weighted by atomic mass is 28.4. The third-order valence-corrected chi connectivity index (χ3v) is 17.2. The van der Waals surface area contributed by atoms with E-state index in [1.807, 2.05) is 0 Å². The summed E-state index contributed by atoms with van der Waals surface area (Å²) in [5.41, 5.74) is 0.597. The average molecular weight is 725 g/mol. The van der Waals surface area contributed by atoms with E-state index in [-0.39, 0.29) is 5.41 Å². The van der Waals surface area contributed by atoms with E-state index >= 15 is 0 Å². The normalized spacial score (nSPS) is 39.6. The topological polar surface area (TPSA) is 36.9 Å². The van der Waals surface area contributed by atoms with E-state index in [1.165, 1.54) is 64.2 Å². The minimum absolute atomic E-state index is 0.232. The molecule has 0 saturated heterocycles. The molecule has 276 valence electrons. The van der Waals surface area contributed by atoms with Crippen molar-refractivity contribution in [3.63, 3.8) is 0 Å². The zero-order valence-corrected chi connectivity index (χ0v) is 38.2. The standard InChI is InChI=1S/C39H80O4Si4/c1-28(27-40-44(5,6)7)18-17-19-29(2)32-20-21-33-37-34(26-36(39(32,33)4)43-47(14,15)16)38(3)23-22-31(41-45(8,9)10)24-30(38)25-35(37)42-46(11,12)13/h28-37H,17-27H2,1-16H3/t28?,29?,30-,31+,32?,33?,34?,35+,36-,37?,38?,39?/m0/s1. The fourth-order valence-electron chi connectivity index (χ4n) is 11.3. The van der Waals surface area contributed by atoms with Gasteiger partial charge in [0.1, 0.15) is 0 Å². The van der Waals surface area contributed by atoms with Crippen molar-refractivity contribution in [2.24, 2.45) is 52.3 Å². The van der Waals surface area contributed by atoms with Crippen molar-refractivity contribution in [1.29, 1.82) is 0 Å². The summed E-state index contributed by atoms with van der Waals surface area (Å²) in [5.74, 6) is 4.88. The Bertz CT molecular complexity index is 1030. The molecule has 4 nitrogen and oxygen atoms in total. The molecule has 8 heteroatoms. The summed E-state index contributed by atoms with van der Waals surface area (Å²) in [7, 11) is -6.49. The first kappa shape index (κ1) is 40.5. The van der Waals surface area contributed by atoms with Crippen LogP contribution in [-0.2, 0) is 17.7 Å². The molecule has 0 aromatic heterocycles. The van der Waals surface area contributed by atoms with Crippen LogP contribution >= 0.6 is 0 Å². The van der Waals surface area contributed by atoms with Gasteiger partial charge in [-0.15, -0.1) is 0 Å². The van der Waals surface area contributed by atoms with E-state index in [4.69, 9.17) is 17.7 Å². The zero-order chi connectivity index (χ0) is 35.4. The van der Waals surface area contributed by atoms with Gasteiger partial charge in [0.15, 0.2) is 33.3 Å². The van der Waals surface area contributed by atoms with Crippen molar-refractivity contribution in [3.8, 4) is 0 Å². The van der Waals surface area contributed by atoms with Gasteiger partial charge in [0.25, 0.3) is 0 Å². The molecule has 4 aliphatic carbocycles. The van der Waals surface area contributed by atoms with Crippen LogP contribution in [0.1, 0.15) is 91.9 Å². The molecule has 0 radical (unpaired) electrons. The van der Waals surface area contributed by atoms with E-state index in [1.54, 1.807) is 0 Å². The Balaban J connectivity index is 1.61. The molecule has 4 fully saturated rings. The third kappa shape index (κ3) is 9.98. The first-order chi connectivity index (χ1) is 21.3. The minimum Gasteiger partial charge on any atom is -0.417 e. The van der Waals surface area contributed by atoms with Crippen LogP contribution in [-0.4, -0.2) is 58.2 Å². The van der Waals surface area contributed by atoms with Crippen molar-refractivity contribution in [2.45, 2.75) is 189 Å². The number of hydrogen-bond acceptors (Lipinski definition) is 4. The van der Waals surface area contributed by atoms with Gasteiger partial charge in [0.2, 0.25) is 0 Å². The van der Waals surface area contributed by atoms with Gasteiger partial charge in [-0.1, -0.05) is 40.5 Å². The van der Waals surface area contributed by atoms with Crippen molar-refractivity contribution in [3.05, 3.63) is 0 Å². The van der Waals surface area contributed by atoms with Crippen molar-refractivity contribution in [1.82, 2.24) is 0 Å². The molecule has 0 N–H and O–H groups in total. The second-order valence-electron chi connectivity index (χ2n) is 21.6. The average Bonchev–Trinajstić information content (AvgIpc) is 3.24. The van der Waals surface area contributed by atoms with E-state index in [2.05, 4.69) is 106 Å². The molecule has 0 aromatic rings. The maximum absolute atomic E-state index is 7.45. The summed E-state index contributed by atoms with van der Waals surface area (Å²) in [6.45, 7) is 40.0. The fourth-order valence-corrected chi connectivity index (χ4v) is 15.7. The van der Waals surface area contributed by atoms with Crippen LogP contribution in [0.5, 0.6) is 0 Å². The molecule has 4 saturated carbocycles. The van der Waals surface area contributed by atoms with Gasteiger partial charge in [-0.25, -0.2) is 0 Å². The molecule has 0 spiro atoms. The molecular formula is C39H80O4Si4. The number of hydrogen-bond donors (Lipinski definition) is 0. The monoisotopic (exact) mass is 725 g/mol. The van der Waals surface area contributed by atoms with Gasteiger partial charge in [0, 0.05) is 18.8 Å². The fraction of sp³-hybridized carbons (Fsp3) is 1.00. The smallest absolute Gasteiger partial charge is 0.184 e. The molecular weight excluding hydrogens is 645 g/mol. The maximum atomic E-state index is 7.45. The molecule has 4 aliphatic rings.